The Morgan fingerprint density at radius 3 is 2.80 bits per heavy atom. The van der Waals surface area contributed by atoms with Crippen LogP contribution >= 0.6 is 0 Å². The van der Waals surface area contributed by atoms with Gasteiger partial charge in [-0.25, -0.2) is 4.79 Å². The fraction of sp³-hybridized carbons (Fsp3) is 0.800. The van der Waals surface area contributed by atoms with Crippen molar-refractivity contribution >= 4 is 12.1 Å². The van der Waals surface area contributed by atoms with Gasteiger partial charge < -0.3 is 15.2 Å². The first-order valence-electron chi connectivity index (χ1n) is 5.29. The van der Waals surface area contributed by atoms with E-state index < -0.39 is 12.1 Å². The number of carbonyl (C=O) groups excluding carboxylic acids is 1. The van der Waals surface area contributed by atoms with Gasteiger partial charge in [-0.05, 0) is 26.2 Å². The highest BCUT2D eigenvalue weighted by Gasteiger charge is 2.27. The predicted molar refractivity (Wildman–Crippen MR) is 53.5 cm³/mol. The Hall–Kier alpha value is -1.26. The van der Waals surface area contributed by atoms with Crippen molar-refractivity contribution in [1.82, 2.24) is 5.32 Å². The number of carboxylic acids is 1. The zero-order chi connectivity index (χ0) is 11.3. The van der Waals surface area contributed by atoms with E-state index >= 15 is 0 Å². The molecule has 2 N–H and O–H groups in total. The first kappa shape index (κ1) is 11.8. The molecule has 0 bridgehead atoms. The van der Waals surface area contributed by atoms with Crippen molar-refractivity contribution in [2.45, 2.75) is 38.6 Å². The van der Waals surface area contributed by atoms with Crippen LogP contribution in [0.5, 0.6) is 0 Å². The van der Waals surface area contributed by atoms with Crippen LogP contribution < -0.4 is 5.32 Å². The van der Waals surface area contributed by atoms with E-state index in [1.807, 2.05) is 0 Å². The summed E-state index contributed by atoms with van der Waals surface area (Å²) in [7, 11) is 0. The van der Waals surface area contributed by atoms with Gasteiger partial charge in [-0.15, -0.1) is 0 Å². The fourth-order valence-corrected chi connectivity index (χ4v) is 1.88. The number of alkyl carbamates (subject to hydrolysis) is 1. The summed E-state index contributed by atoms with van der Waals surface area (Å²) in [6, 6.07) is -0.0566. The molecule has 1 fully saturated rings. The van der Waals surface area contributed by atoms with E-state index in [1.54, 1.807) is 6.92 Å². The molecule has 0 heterocycles. The van der Waals surface area contributed by atoms with Gasteiger partial charge in [-0.2, -0.15) is 0 Å². The molecule has 5 nitrogen and oxygen atoms in total. The Bertz CT molecular complexity index is 242. The summed E-state index contributed by atoms with van der Waals surface area (Å²) in [4.78, 5) is 21.9. The summed E-state index contributed by atoms with van der Waals surface area (Å²) >= 11 is 0. The maximum absolute atomic E-state index is 11.1. The molecule has 15 heavy (non-hydrogen) atoms. The molecule has 2 unspecified atom stereocenters. The molecular weight excluding hydrogens is 198 g/mol. The zero-order valence-electron chi connectivity index (χ0n) is 8.86. The molecule has 1 amide bonds. The largest absolute Gasteiger partial charge is 0.481 e. The lowest BCUT2D eigenvalue weighted by Gasteiger charge is -2.26. The SMILES string of the molecule is CCOC(=O)NC1CCCC(C(=O)O)C1. The fourth-order valence-electron chi connectivity index (χ4n) is 1.88. The van der Waals surface area contributed by atoms with Crippen LogP contribution in [0.3, 0.4) is 0 Å². The van der Waals surface area contributed by atoms with Gasteiger partial charge in [-0.1, -0.05) is 6.42 Å². The maximum Gasteiger partial charge on any atom is 0.407 e. The van der Waals surface area contributed by atoms with Crippen LogP contribution in [0.1, 0.15) is 32.6 Å². The zero-order valence-corrected chi connectivity index (χ0v) is 8.86. The molecule has 5 heteroatoms. The number of carboxylic acid groups (broad SMARTS) is 1. The lowest BCUT2D eigenvalue weighted by molar-refractivity contribution is -0.143. The molecule has 0 spiro atoms. The van der Waals surface area contributed by atoms with Crippen molar-refractivity contribution in [3.63, 3.8) is 0 Å². The molecule has 0 saturated heterocycles. The van der Waals surface area contributed by atoms with Gasteiger partial charge in [0, 0.05) is 6.04 Å². The molecule has 86 valence electrons. The molecule has 1 aliphatic rings. The molecule has 0 aromatic heterocycles. The third-order valence-electron chi connectivity index (χ3n) is 2.62. The highest BCUT2D eigenvalue weighted by Crippen LogP contribution is 2.24. The maximum atomic E-state index is 11.1. The monoisotopic (exact) mass is 215 g/mol. The number of aliphatic carboxylic acids is 1. The number of nitrogens with one attached hydrogen (secondary N) is 1. The van der Waals surface area contributed by atoms with E-state index in [0.717, 1.165) is 12.8 Å². The average molecular weight is 215 g/mol. The van der Waals surface area contributed by atoms with E-state index in [-0.39, 0.29) is 12.0 Å². The van der Waals surface area contributed by atoms with Crippen LogP contribution in [0.15, 0.2) is 0 Å². The number of amides is 1. The van der Waals surface area contributed by atoms with Crippen molar-refractivity contribution in [2.24, 2.45) is 5.92 Å². The lowest BCUT2D eigenvalue weighted by atomic mass is 9.86. The van der Waals surface area contributed by atoms with Gasteiger partial charge in [0.2, 0.25) is 0 Å². The normalized spacial score (nSPS) is 25.7. The Balaban J connectivity index is 2.36. The summed E-state index contributed by atoms with van der Waals surface area (Å²) in [6.45, 7) is 2.07. The smallest absolute Gasteiger partial charge is 0.407 e. The number of ether oxygens (including phenoxy) is 1. The topological polar surface area (TPSA) is 75.6 Å². The minimum Gasteiger partial charge on any atom is -0.481 e. The van der Waals surface area contributed by atoms with Gasteiger partial charge in [0.05, 0.1) is 12.5 Å². The number of hydrogen-bond donors (Lipinski definition) is 2. The summed E-state index contributed by atoms with van der Waals surface area (Å²) in [5, 5.41) is 11.5. The highest BCUT2D eigenvalue weighted by molar-refractivity contribution is 5.71. The highest BCUT2D eigenvalue weighted by atomic mass is 16.5. The van der Waals surface area contributed by atoms with Crippen LogP contribution in [0.25, 0.3) is 0 Å². The summed E-state index contributed by atoms with van der Waals surface area (Å²) in [6.07, 6.45) is 2.44. The molecule has 0 aliphatic heterocycles. The van der Waals surface area contributed by atoms with Crippen molar-refractivity contribution < 1.29 is 19.4 Å². The number of hydrogen-bond acceptors (Lipinski definition) is 3. The second kappa shape index (κ2) is 5.58. The lowest BCUT2D eigenvalue weighted by Crippen LogP contribution is -2.40. The minimum atomic E-state index is -0.773. The average Bonchev–Trinajstić information content (AvgIpc) is 2.18. The Morgan fingerprint density at radius 2 is 2.20 bits per heavy atom. The number of carbonyl (C=O) groups is 2. The van der Waals surface area contributed by atoms with Gasteiger partial charge in [0.25, 0.3) is 0 Å². The third-order valence-corrected chi connectivity index (χ3v) is 2.62. The molecule has 0 aromatic rings. The molecule has 2 atom stereocenters. The third kappa shape index (κ3) is 3.77. The molecule has 1 aliphatic carbocycles. The first-order valence-corrected chi connectivity index (χ1v) is 5.29. The second-order valence-corrected chi connectivity index (χ2v) is 3.76. The Kier molecular flexibility index (Phi) is 4.39. The van der Waals surface area contributed by atoms with Crippen LogP contribution in [-0.2, 0) is 9.53 Å². The minimum absolute atomic E-state index is 0.0566. The van der Waals surface area contributed by atoms with Crippen molar-refractivity contribution in [2.75, 3.05) is 6.61 Å². The van der Waals surface area contributed by atoms with E-state index in [0.29, 0.717) is 19.4 Å². The standard InChI is InChI=1S/C10H17NO4/c1-2-15-10(14)11-8-5-3-4-7(6-8)9(12)13/h7-8H,2-6H2,1H3,(H,11,14)(H,12,13). The van der Waals surface area contributed by atoms with Gasteiger partial charge >= 0.3 is 12.1 Å². The quantitative estimate of drug-likeness (QED) is 0.745. The Morgan fingerprint density at radius 1 is 1.47 bits per heavy atom. The molecule has 1 saturated carbocycles. The molecule has 1 rings (SSSR count). The summed E-state index contributed by atoms with van der Waals surface area (Å²) in [5.74, 6) is -1.10. The van der Waals surface area contributed by atoms with Crippen molar-refractivity contribution in [1.29, 1.82) is 0 Å². The first-order chi connectivity index (χ1) is 7.13. The number of rotatable bonds is 3. The molecule has 0 radical (unpaired) electrons. The van der Waals surface area contributed by atoms with Crippen LogP contribution in [0.4, 0.5) is 4.79 Å². The van der Waals surface area contributed by atoms with Crippen LogP contribution in [0.2, 0.25) is 0 Å². The van der Waals surface area contributed by atoms with Crippen molar-refractivity contribution in [3.05, 3.63) is 0 Å². The van der Waals surface area contributed by atoms with Gasteiger partial charge in [-0.3, -0.25) is 4.79 Å². The summed E-state index contributed by atoms with van der Waals surface area (Å²) < 4.78 is 4.74. The van der Waals surface area contributed by atoms with E-state index in [4.69, 9.17) is 9.84 Å². The van der Waals surface area contributed by atoms with Gasteiger partial charge in [0.1, 0.15) is 0 Å². The summed E-state index contributed by atoms with van der Waals surface area (Å²) in [5.41, 5.74) is 0. The second-order valence-electron chi connectivity index (χ2n) is 3.76. The molecule has 0 aromatic carbocycles. The van der Waals surface area contributed by atoms with E-state index in [9.17, 15) is 9.59 Å². The predicted octanol–water partition coefficient (Wildman–Crippen LogP) is 1.38. The van der Waals surface area contributed by atoms with E-state index in [2.05, 4.69) is 5.32 Å². The van der Waals surface area contributed by atoms with E-state index in [1.165, 1.54) is 0 Å². The van der Waals surface area contributed by atoms with Crippen LogP contribution in [0, 0.1) is 5.92 Å². The molecular formula is C10H17NO4. The Labute approximate surface area is 88.8 Å². The van der Waals surface area contributed by atoms with Crippen LogP contribution in [-0.4, -0.2) is 29.8 Å². The van der Waals surface area contributed by atoms with Crippen molar-refractivity contribution in [3.8, 4) is 0 Å². The van der Waals surface area contributed by atoms with Gasteiger partial charge in [0.15, 0.2) is 0 Å².